The Morgan fingerprint density at radius 2 is 1.75 bits per heavy atom. The molecular weight excluding hydrogens is 428 g/mol. The van der Waals surface area contributed by atoms with E-state index in [1.807, 2.05) is 0 Å². The number of hydrogen-bond donors (Lipinski definition) is 1. The van der Waals surface area contributed by atoms with Crippen LogP contribution in [0, 0.1) is 0 Å². The number of sulfone groups is 1. The second-order valence-electron chi connectivity index (χ2n) is 4.75. The molecule has 0 fully saturated rings. The SMILES string of the molecule is COc1ccc(C(N)C(F)(F)S(=O)(=O)c2ccccc2)cc1Br.Cl. The van der Waals surface area contributed by atoms with E-state index in [9.17, 15) is 17.2 Å². The fraction of sp³-hybridized carbons (Fsp3) is 0.200. The van der Waals surface area contributed by atoms with Crippen molar-refractivity contribution in [2.45, 2.75) is 16.2 Å². The average Bonchev–Trinajstić information content (AvgIpc) is 2.54. The summed E-state index contributed by atoms with van der Waals surface area (Å²) in [6, 6.07) is 8.55. The molecule has 2 aromatic rings. The zero-order valence-corrected chi connectivity index (χ0v) is 15.7. The van der Waals surface area contributed by atoms with Crippen LogP contribution in [0.15, 0.2) is 57.9 Å². The molecule has 2 rings (SSSR count). The quantitative estimate of drug-likeness (QED) is 0.761. The molecular formula is C15H15BrClF2NO3S. The van der Waals surface area contributed by atoms with Gasteiger partial charge in [-0.25, -0.2) is 8.42 Å². The molecule has 9 heteroatoms. The minimum Gasteiger partial charge on any atom is -0.496 e. The van der Waals surface area contributed by atoms with E-state index < -0.39 is 26.0 Å². The molecule has 0 aliphatic carbocycles. The maximum absolute atomic E-state index is 14.5. The van der Waals surface area contributed by atoms with E-state index in [4.69, 9.17) is 10.5 Å². The first-order chi connectivity index (χ1) is 10.7. The molecule has 0 spiro atoms. The van der Waals surface area contributed by atoms with Crippen LogP contribution in [0.25, 0.3) is 0 Å². The van der Waals surface area contributed by atoms with Crippen molar-refractivity contribution < 1.29 is 21.9 Å². The van der Waals surface area contributed by atoms with Gasteiger partial charge in [0.1, 0.15) is 11.8 Å². The molecule has 4 nitrogen and oxygen atoms in total. The van der Waals surface area contributed by atoms with Crippen molar-refractivity contribution in [3.8, 4) is 5.75 Å². The molecule has 2 N–H and O–H groups in total. The Balaban J connectivity index is 0.00000288. The van der Waals surface area contributed by atoms with E-state index in [1.165, 1.54) is 43.5 Å². The van der Waals surface area contributed by atoms with Crippen LogP contribution in [0.3, 0.4) is 0 Å². The second kappa shape index (κ2) is 7.77. The molecule has 24 heavy (non-hydrogen) atoms. The van der Waals surface area contributed by atoms with Gasteiger partial charge >= 0.3 is 5.25 Å². The fourth-order valence-electron chi connectivity index (χ4n) is 1.99. The Hall–Kier alpha value is -1.22. The molecule has 132 valence electrons. The van der Waals surface area contributed by atoms with Crippen LogP contribution < -0.4 is 10.5 Å². The van der Waals surface area contributed by atoms with Gasteiger partial charge in [-0.15, -0.1) is 12.4 Å². The Labute approximate surface area is 153 Å². The molecule has 0 saturated carbocycles. The predicted molar refractivity (Wildman–Crippen MR) is 93.4 cm³/mol. The third kappa shape index (κ3) is 3.72. The van der Waals surface area contributed by atoms with Gasteiger partial charge in [-0.3, -0.25) is 0 Å². The topological polar surface area (TPSA) is 69.4 Å². The third-order valence-electron chi connectivity index (χ3n) is 3.31. The third-order valence-corrected chi connectivity index (χ3v) is 5.79. The normalized spacial score (nSPS) is 13.0. The van der Waals surface area contributed by atoms with E-state index >= 15 is 0 Å². The van der Waals surface area contributed by atoms with Crippen molar-refractivity contribution >= 4 is 38.2 Å². The summed E-state index contributed by atoms with van der Waals surface area (Å²) in [5.41, 5.74) is 5.54. The van der Waals surface area contributed by atoms with E-state index in [-0.39, 0.29) is 18.0 Å². The minimum absolute atomic E-state index is 0. The maximum atomic E-state index is 14.5. The number of nitrogens with two attached hydrogens (primary N) is 1. The minimum atomic E-state index is -4.92. The summed E-state index contributed by atoms with van der Waals surface area (Å²) in [7, 11) is -3.49. The number of hydrogen-bond acceptors (Lipinski definition) is 4. The Morgan fingerprint density at radius 3 is 2.25 bits per heavy atom. The lowest BCUT2D eigenvalue weighted by Crippen LogP contribution is -2.40. The lowest BCUT2D eigenvalue weighted by molar-refractivity contribution is 0.0619. The van der Waals surface area contributed by atoms with Crippen LogP contribution >= 0.6 is 28.3 Å². The van der Waals surface area contributed by atoms with Crippen molar-refractivity contribution in [3.05, 3.63) is 58.6 Å². The monoisotopic (exact) mass is 441 g/mol. The van der Waals surface area contributed by atoms with E-state index in [1.54, 1.807) is 0 Å². The van der Waals surface area contributed by atoms with Crippen LogP contribution in [0.1, 0.15) is 11.6 Å². The summed E-state index contributed by atoms with van der Waals surface area (Å²) in [5.74, 6) is 0.426. The van der Waals surface area contributed by atoms with E-state index in [0.717, 1.165) is 12.1 Å². The summed E-state index contributed by atoms with van der Waals surface area (Å²) in [6.45, 7) is 0. The van der Waals surface area contributed by atoms with Crippen molar-refractivity contribution in [1.29, 1.82) is 0 Å². The summed E-state index contributed by atoms with van der Waals surface area (Å²) < 4.78 is 58.9. The number of halogens is 4. The summed E-state index contributed by atoms with van der Waals surface area (Å²) >= 11 is 3.16. The van der Waals surface area contributed by atoms with Crippen LogP contribution in [0.4, 0.5) is 8.78 Å². The van der Waals surface area contributed by atoms with E-state index in [0.29, 0.717) is 10.2 Å². The van der Waals surface area contributed by atoms with Gasteiger partial charge in [0.15, 0.2) is 0 Å². The van der Waals surface area contributed by atoms with Gasteiger partial charge in [0, 0.05) is 0 Å². The molecule has 2 aromatic carbocycles. The molecule has 0 amide bonds. The maximum Gasteiger partial charge on any atom is 0.368 e. The first kappa shape index (κ1) is 20.8. The van der Waals surface area contributed by atoms with Crippen LogP contribution in [0.2, 0.25) is 0 Å². The van der Waals surface area contributed by atoms with Gasteiger partial charge in [-0.2, -0.15) is 8.78 Å². The lowest BCUT2D eigenvalue weighted by atomic mass is 10.1. The molecule has 0 aliphatic rings. The van der Waals surface area contributed by atoms with Crippen LogP contribution in [-0.2, 0) is 9.84 Å². The van der Waals surface area contributed by atoms with Gasteiger partial charge in [-0.1, -0.05) is 24.3 Å². The number of rotatable bonds is 5. The smallest absolute Gasteiger partial charge is 0.368 e. The highest BCUT2D eigenvalue weighted by Gasteiger charge is 2.52. The average molecular weight is 443 g/mol. The van der Waals surface area contributed by atoms with Gasteiger partial charge < -0.3 is 10.5 Å². The van der Waals surface area contributed by atoms with Gasteiger partial charge in [0.25, 0.3) is 0 Å². The molecule has 1 atom stereocenters. The fourth-order valence-corrected chi connectivity index (χ4v) is 3.85. The van der Waals surface area contributed by atoms with Crippen molar-refractivity contribution in [2.75, 3.05) is 7.11 Å². The Bertz CT molecular complexity index is 804. The lowest BCUT2D eigenvalue weighted by Gasteiger charge is -2.24. The standard InChI is InChI=1S/C15H14BrF2NO3S.ClH/c1-22-13-8-7-10(9-12(13)16)14(19)15(17,18)23(20,21)11-5-3-2-4-6-11;/h2-9,14H,19H2,1H3;1H. The highest BCUT2D eigenvalue weighted by molar-refractivity contribution is 9.10. The zero-order valence-electron chi connectivity index (χ0n) is 12.4. The van der Waals surface area contributed by atoms with Gasteiger partial charge in [0.2, 0.25) is 9.84 Å². The Morgan fingerprint density at radius 1 is 1.17 bits per heavy atom. The number of alkyl halides is 2. The molecule has 1 unspecified atom stereocenters. The number of ether oxygens (including phenoxy) is 1. The number of benzene rings is 2. The Kier molecular flexibility index (Phi) is 6.75. The first-order valence-electron chi connectivity index (χ1n) is 6.48. The highest BCUT2D eigenvalue weighted by atomic mass is 79.9. The number of methoxy groups -OCH3 is 1. The zero-order chi connectivity index (χ0) is 17.3. The van der Waals surface area contributed by atoms with Crippen LogP contribution in [0.5, 0.6) is 5.75 Å². The van der Waals surface area contributed by atoms with Crippen molar-refractivity contribution in [3.63, 3.8) is 0 Å². The van der Waals surface area contributed by atoms with Crippen molar-refractivity contribution in [1.82, 2.24) is 0 Å². The molecule has 0 aliphatic heterocycles. The first-order valence-corrected chi connectivity index (χ1v) is 8.76. The largest absolute Gasteiger partial charge is 0.496 e. The molecule has 0 bridgehead atoms. The van der Waals surface area contributed by atoms with Gasteiger partial charge in [0.05, 0.1) is 16.5 Å². The molecule has 0 heterocycles. The van der Waals surface area contributed by atoms with Gasteiger partial charge in [-0.05, 0) is 45.8 Å². The van der Waals surface area contributed by atoms with E-state index in [2.05, 4.69) is 15.9 Å². The van der Waals surface area contributed by atoms with Crippen LogP contribution in [-0.4, -0.2) is 20.8 Å². The highest BCUT2D eigenvalue weighted by Crippen LogP contribution is 2.40. The van der Waals surface area contributed by atoms with Crippen molar-refractivity contribution in [2.24, 2.45) is 5.73 Å². The molecule has 0 aromatic heterocycles. The second-order valence-corrected chi connectivity index (χ2v) is 7.63. The molecule has 0 radical (unpaired) electrons. The summed E-state index contributed by atoms with van der Waals surface area (Å²) in [4.78, 5) is -0.479. The summed E-state index contributed by atoms with van der Waals surface area (Å²) in [6.07, 6.45) is 0. The summed E-state index contributed by atoms with van der Waals surface area (Å²) in [5, 5.41) is -4.16. The molecule has 0 saturated heterocycles. The predicted octanol–water partition coefficient (Wildman–Crippen LogP) is 3.95.